The van der Waals surface area contributed by atoms with E-state index < -0.39 is 0 Å². The van der Waals surface area contributed by atoms with Crippen LogP contribution in [0.2, 0.25) is 0 Å². The second kappa shape index (κ2) is 21.4. The van der Waals surface area contributed by atoms with Gasteiger partial charge in [-0.25, -0.2) is 9.97 Å². The number of aryl methyl sites for hydroxylation is 2. The van der Waals surface area contributed by atoms with E-state index in [0.717, 1.165) is 51.0 Å². The van der Waals surface area contributed by atoms with E-state index in [1.54, 1.807) is 4.57 Å². The van der Waals surface area contributed by atoms with Crippen molar-refractivity contribution in [2.24, 2.45) is 0 Å². The number of halogens is 1. The molecular weight excluding hydrogens is 819 g/mol. The number of unbranched alkanes of at least 4 members (excludes halogenated alkanes) is 2. The Kier molecular flexibility index (Phi) is 15.6. The van der Waals surface area contributed by atoms with Crippen LogP contribution in [0.3, 0.4) is 0 Å². The molecule has 312 valence electrons. The maximum absolute atomic E-state index is 13.8. The lowest BCUT2D eigenvalue weighted by molar-refractivity contribution is 0.619. The minimum absolute atomic E-state index is 0.00999. The molecule has 8 aromatic rings. The normalized spacial score (nSPS) is 11.0. The van der Waals surface area contributed by atoms with Gasteiger partial charge >= 0.3 is 0 Å². The standard InChI is InChI=1S/C26H27N3O.C22H17BrN2O.C5H12/c1-4-28(5-2)22-16-17-24-23(18-22)26(30)29(19(3)27-24)25(20-12-8-6-9-13-20)21-14-10-7-11-15-21;1-15-24-20-13-12-18(23)14-19(20)22(26)25(15)21(16-8-4-2-5-9-16)17-10-6-3-7-11-17;1-3-5-4-2/h6-18,25H,4-5H2,1-3H3;2-14,21H,1H3;3-5H2,1-2H3. The third-order valence-corrected chi connectivity index (χ3v) is 11.4. The van der Waals surface area contributed by atoms with Gasteiger partial charge in [0.1, 0.15) is 11.6 Å². The van der Waals surface area contributed by atoms with Crippen molar-refractivity contribution < 1.29 is 0 Å². The zero-order valence-corrected chi connectivity index (χ0v) is 37.7. The van der Waals surface area contributed by atoms with Gasteiger partial charge in [0.15, 0.2) is 0 Å². The average Bonchev–Trinajstić information content (AvgIpc) is 3.29. The zero-order chi connectivity index (χ0) is 43.3. The Bertz CT molecular complexity index is 2670. The number of hydrogen-bond acceptors (Lipinski definition) is 5. The molecule has 7 nitrogen and oxygen atoms in total. The van der Waals surface area contributed by atoms with Crippen LogP contribution in [-0.4, -0.2) is 32.2 Å². The molecule has 2 aromatic heterocycles. The van der Waals surface area contributed by atoms with Crippen molar-refractivity contribution in [2.75, 3.05) is 18.0 Å². The Morgan fingerprint density at radius 2 is 0.869 bits per heavy atom. The van der Waals surface area contributed by atoms with Gasteiger partial charge in [0.05, 0.1) is 33.9 Å². The highest BCUT2D eigenvalue weighted by Gasteiger charge is 2.23. The lowest BCUT2D eigenvalue weighted by atomic mass is 9.98. The molecule has 0 amide bonds. The van der Waals surface area contributed by atoms with Crippen LogP contribution in [0.4, 0.5) is 5.69 Å². The SMILES string of the molecule is CCCCC.CCN(CC)c1ccc2nc(C)n(C(c3ccccc3)c3ccccc3)c(=O)c2c1.Cc1nc2ccc(Br)cc2c(=O)n1C(c1ccccc1)c1ccccc1. The quantitative estimate of drug-likeness (QED) is 0.129. The van der Waals surface area contributed by atoms with Gasteiger partial charge in [-0.2, -0.15) is 0 Å². The fourth-order valence-corrected chi connectivity index (χ4v) is 8.21. The lowest BCUT2D eigenvalue weighted by Gasteiger charge is -2.24. The Morgan fingerprint density at radius 1 is 0.508 bits per heavy atom. The lowest BCUT2D eigenvalue weighted by Crippen LogP contribution is -2.30. The van der Waals surface area contributed by atoms with Crippen LogP contribution < -0.4 is 16.0 Å². The van der Waals surface area contributed by atoms with E-state index in [2.05, 4.69) is 103 Å². The summed E-state index contributed by atoms with van der Waals surface area (Å²) in [5.74, 6) is 1.41. The first-order chi connectivity index (χ1) is 29.7. The third-order valence-electron chi connectivity index (χ3n) is 10.9. The number of nitrogens with zero attached hydrogens (tertiary/aromatic N) is 5. The van der Waals surface area contributed by atoms with Crippen molar-refractivity contribution in [3.63, 3.8) is 0 Å². The van der Waals surface area contributed by atoms with Crippen molar-refractivity contribution >= 4 is 43.4 Å². The maximum Gasteiger partial charge on any atom is 0.262 e. The molecule has 0 unspecified atom stereocenters. The maximum atomic E-state index is 13.8. The molecule has 0 radical (unpaired) electrons. The van der Waals surface area contributed by atoms with E-state index in [9.17, 15) is 9.59 Å². The van der Waals surface area contributed by atoms with E-state index >= 15 is 0 Å². The van der Waals surface area contributed by atoms with Crippen LogP contribution in [0.1, 0.15) is 92.9 Å². The van der Waals surface area contributed by atoms with Crippen molar-refractivity contribution in [1.29, 1.82) is 0 Å². The summed E-state index contributed by atoms with van der Waals surface area (Å²) in [4.78, 5) is 38.9. The van der Waals surface area contributed by atoms with Gasteiger partial charge < -0.3 is 4.90 Å². The molecule has 0 saturated carbocycles. The van der Waals surface area contributed by atoms with E-state index in [4.69, 9.17) is 9.97 Å². The van der Waals surface area contributed by atoms with Crippen LogP contribution in [0.5, 0.6) is 0 Å². The summed E-state index contributed by atoms with van der Waals surface area (Å²) in [6, 6.07) is 51.6. The average molecular weight is 875 g/mol. The van der Waals surface area contributed by atoms with E-state index in [0.29, 0.717) is 27.9 Å². The number of aromatic nitrogens is 4. The molecule has 0 spiro atoms. The number of hydrogen-bond donors (Lipinski definition) is 0. The van der Waals surface area contributed by atoms with Gasteiger partial charge in [0.25, 0.3) is 11.1 Å². The Balaban J connectivity index is 0.000000185. The third kappa shape index (κ3) is 10.4. The highest BCUT2D eigenvalue weighted by Crippen LogP contribution is 2.29. The summed E-state index contributed by atoms with van der Waals surface area (Å²) < 4.78 is 4.49. The zero-order valence-electron chi connectivity index (χ0n) is 36.1. The summed E-state index contributed by atoms with van der Waals surface area (Å²) in [6.45, 7) is 14.3. The highest BCUT2D eigenvalue weighted by atomic mass is 79.9. The Labute approximate surface area is 368 Å². The monoisotopic (exact) mass is 873 g/mol. The van der Waals surface area contributed by atoms with E-state index in [-0.39, 0.29) is 23.2 Å². The fraction of sp³-hybridized carbons (Fsp3) is 0.245. The number of rotatable bonds is 11. The predicted molar refractivity (Wildman–Crippen MR) is 258 cm³/mol. The second-order valence-electron chi connectivity index (χ2n) is 15.0. The molecule has 0 saturated heterocycles. The van der Waals surface area contributed by atoms with Crippen LogP contribution in [-0.2, 0) is 0 Å². The van der Waals surface area contributed by atoms with Crippen molar-refractivity contribution in [3.05, 3.63) is 217 Å². The van der Waals surface area contributed by atoms with Crippen molar-refractivity contribution in [1.82, 2.24) is 19.1 Å². The summed E-state index contributed by atoms with van der Waals surface area (Å²) in [5.41, 5.74) is 6.70. The van der Waals surface area contributed by atoms with Crippen molar-refractivity contribution in [3.8, 4) is 0 Å². The number of fused-ring (bicyclic) bond motifs is 2. The van der Waals surface area contributed by atoms with Crippen LogP contribution in [0.25, 0.3) is 21.8 Å². The van der Waals surface area contributed by atoms with E-state index in [1.807, 2.05) is 122 Å². The minimum atomic E-state index is -0.228. The van der Waals surface area contributed by atoms with Crippen LogP contribution in [0.15, 0.2) is 172 Å². The smallest absolute Gasteiger partial charge is 0.262 e. The molecule has 0 aliphatic carbocycles. The largest absolute Gasteiger partial charge is 0.372 e. The van der Waals surface area contributed by atoms with Gasteiger partial charge in [-0.05, 0) is 86.3 Å². The molecule has 8 heteroatoms. The van der Waals surface area contributed by atoms with Crippen LogP contribution in [0, 0.1) is 13.8 Å². The summed E-state index contributed by atoms with van der Waals surface area (Å²) in [7, 11) is 0. The molecule has 0 N–H and O–H groups in total. The molecular formula is C53H56BrN5O2. The first kappa shape index (κ1) is 44.4. The van der Waals surface area contributed by atoms with E-state index in [1.165, 1.54) is 19.3 Å². The molecule has 0 aliphatic rings. The molecule has 0 aliphatic heterocycles. The van der Waals surface area contributed by atoms with Gasteiger partial charge in [0.2, 0.25) is 0 Å². The van der Waals surface area contributed by atoms with Crippen LogP contribution >= 0.6 is 15.9 Å². The molecule has 0 bridgehead atoms. The van der Waals surface area contributed by atoms with Gasteiger partial charge in [-0.15, -0.1) is 0 Å². The summed E-state index contributed by atoms with van der Waals surface area (Å²) in [6.07, 6.45) is 4.08. The van der Waals surface area contributed by atoms with Crippen molar-refractivity contribution in [2.45, 2.75) is 72.9 Å². The Hall–Kier alpha value is -6.12. The van der Waals surface area contributed by atoms with Gasteiger partial charge in [0, 0.05) is 23.2 Å². The molecule has 6 aromatic carbocycles. The molecule has 0 fully saturated rings. The first-order valence-electron chi connectivity index (χ1n) is 21.4. The predicted octanol–water partition coefficient (Wildman–Crippen LogP) is 12.5. The number of anilines is 1. The first-order valence-corrected chi connectivity index (χ1v) is 22.2. The summed E-state index contributed by atoms with van der Waals surface area (Å²) >= 11 is 3.46. The molecule has 0 atom stereocenters. The fourth-order valence-electron chi connectivity index (χ4n) is 7.85. The molecule has 2 heterocycles. The van der Waals surface area contributed by atoms with Gasteiger partial charge in [-0.1, -0.05) is 170 Å². The number of benzene rings is 6. The summed E-state index contributed by atoms with van der Waals surface area (Å²) in [5, 5.41) is 1.27. The Morgan fingerprint density at radius 3 is 1.21 bits per heavy atom. The van der Waals surface area contributed by atoms with Gasteiger partial charge in [-0.3, -0.25) is 18.7 Å². The molecule has 8 rings (SSSR count). The minimum Gasteiger partial charge on any atom is -0.372 e. The topological polar surface area (TPSA) is 73.0 Å². The highest BCUT2D eigenvalue weighted by molar-refractivity contribution is 9.10. The second-order valence-corrected chi connectivity index (χ2v) is 15.9. The molecule has 61 heavy (non-hydrogen) atoms.